The first-order valence-electron chi connectivity index (χ1n) is 5.75. The van der Waals surface area contributed by atoms with Gasteiger partial charge in [0, 0.05) is 11.3 Å². The zero-order valence-electron chi connectivity index (χ0n) is 10.6. The number of hydrogen-bond donors (Lipinski definition) is 1. The number of ether oxygens (including phenoxy) is 1. The number of nitrogens with zero attached hydrogens (tertiary/aromatic N) is 2. The molecule has 0 aliphatic heterocycles. The van der Waals surface area contributed by atoms with Crippen LogP contribution in [0.3, 0.4) is 0 Å². The fourth-order valence-electron chi connectivity index (χ4n) is 1.69. The van der Waals surface area contributed by atoms with E-state index in [4.69, 9.17) is 27.9 Å². The number of hydrogen-bond acceptors (Lipinski definition) is 4. The summed E-state index contributed by atoms with van der Waals surface area (Å²) in [6, 6.07) is 5.43. The number of anilines is 2. The SMILES string of the molecule is CCc1c(Cl)ncnc1Nc1ccc(OC)c(Cl)c1. The molecule has 0 aliphatic carbocycles. The molecule has 100 valence electrons. The van der Waals surface area contributed by atoms with Crippen molar-refractivity contribution in [2.75, 3.05) is 12.4 Å². The molecule has 1 heterocycles. The summed E-state index contributed by atoms with van der Waals surface area (Å²) in [5.74, 6) is 1.31. The lowest BCUT2D eigenvalue weighted by Crippen LogP contribution is -2.00. The third-order valence-electron chi connectivity index (χ3n) is 2.66. The van der Waals surface area contributed by atoms with Gasteiger partial charge in [-0.25, -0.2) is 9.97 Å². The van der Waals surface area contributed by atoms with Gasteiger partial charge in [-0.2, -0.15) is 0 Å². The summed E-state index contributed by atoms with van der Waals surface area (Å²) in [5.41, 5.74) is 1.69. The molecule has 4 nitrogen and oxygen atoms in total. The molecule has 0 unspecified atom stereocenters. The standard InChI is InChI=1S/C13H13Cl2N3O/c1-3-9-12(15)16-7-17-13(9)18-8-4-5-11(19-2)10(14)6-8/h4-7H,3H2,1-2H3,(H,16,17,18). The Labute approximate surface area is 121 Å². The first-order chi connectivity index (χ1) is 9.15. The van der Waals surface area contributed by atoms with Gasteiger partial charge in [0.2, 0.25) is 0 Å². The van der Waals surface area contributed by atoms with E-state index < -0.39 is 0 Å². The van der Waals surface area contributed by atoms with Crippen LogP contribution >= 0.6 is 23.2 Å². The summed E-state index contributed by atoms with van der Waals surface area (Å²) in [6.07, 6.45) is 2.17. The van der Waals surface area contributed by atoms with Crippen LogP contribution in [-0.4, -0.2) is 17.1 Å². The van der Waals surface area contributed by atoms with Crippen molar-refractivity contribution in [3.05, 3.63) is 40.3 Å². The minimum atomic E-state index is 0.458. The van der Waals surface area contributed by atoms with Gasteiger partial charge in [0.15, 0.2) is 0 Å². The van der Waals surface area contributed by atoms with Crippen LogP contribution in [0.1, 0.15) is 12.5 Å². The molecule has 6 heteroatoms. The molecular weight excluding hydrogens is 285 g/mol. The van der Waals surface area contributed by atoms with Crippen LogP contribution in [0.25, 0.3) is 0 Å². The zero-order chi connectivity index (χ0) is 13.8. The van der Waals surface area contributed by atoms with Crippen molar-refractivity contribution in [2.45, 2.75) is 13.3 Å². The molecular formula is C13H13Cl2N3O. The molecule has 1 aromatic heterocycles. The molecule has 0 saturated heterocycles. The average molecular weight is 298 g/mol. The van der Waals surface area contributed by atoms with Gasteiger partial charge in [-0.15, -0.1) is 0 Å². The third-order valence-corrected chi connectivity index (χ3v) is 3.28. The van der Waals surface area contributed by atoms with Crippen molar-refractivity contribution >= 4 is 34.7 Å². The van der Waals surface area contributed by atoms with E-state index in [0.717, 1.165) is 17.7 Å². The highest BCUT2D eigenvalue weighted by molar-refractivity contribution is 6.32. The number of halogens is 2. The number of rotatable bonds is 4. The van der Waals surface area contributed by atoms with Crippen molar-refractivity contribution in [3.8, 4) is 5.75 Å². The van der Waals surface area contributed by atoms with Crippen LogP contribution in [0.4, 0.5) is 11.5 Å². The zero-order valence-corrected chi connectivity index (χ0v) is 12.1. The highest BCUT2D eigenvalue weighted by atomic mass is 35.5. The van der Waals surface area contributed by atoms with Crippen LogP contribution in [0.15, 0.2) is 24.5 Å². The number of aromatic nitrogens is 2. The van der Waals surface area contributed by atoms with Gasteiger partial charge in [0.1, 0.15) is 23.0 Å². The average Bonchev–Trinajstić information content (AvgIpc) is 2.39. The highest BCUT2D eigenvalue weighted by Crippen LogP contribution is 2.30. The summed E-state index contributed by atoms with van der Waals surface area (Å²) in [7, 11) is 1.58. The fraction of sp³-hybridized carbons (Fsp3) is 0.231. The quantitative estimate of drug-likeness (QED) is 0.863. The lowest BCUT2D eigenvalue weighted by molar-refractivity contribution is 0.415. The Morgan fingerprint density at radius 1 is 1.26 bits per heavy atom. The van der Waals surface area contributed by atoms with Gasteiger partial charge in [0.05, 0.1) is 12.1 Å². The lowest BCUT2D eigenvalue weighted by atomic mass is 10.2. The molecule has 19 heavy (non-hydrogen) atoms. The Bertz CT molecular complexity index is 590. The summed E-state index contributed by atoms with van der Waals surface area (Å²) in [5, 5.41) is 4.17. The second kappa shape index (κ2) is 6.08. The molecule has 0 spiro atoms. The van der Waals surface area contributed by atoms with E-state index in [-0.39, 0.29) is 0 Å². The Hall–Kier alpha value is -1.52. The molecule has 0 atom stereocenters. The Morgan fingerprint density at radius 2 is 2.05 bits per heavy atom. The van der Waals surface area contributed by atoms with Gasteiger partial charge >= 0.3 is 0 Å². The van der Waals surface area contributed by atoms with Gasteiger partial charge in [-0.1, -0.05) is 30.1 Å². The minimum Gasteiger partial charge on any atom is -0.495 e. The predicted molar refractivity (Wildman–Crippen MR) is 77.7 cm³/mol. The molecule has 0 bridgehead atoms. The third kappa shape index (κ3) is 3.08. The highest BCUT2D eigenvalue weighted by Gasteiger charge is 2.09. The molecule has 0 amide bonds. The predicted octanol–water partition coefficient (Wildman–Crippen LogP) is 4.10. The molecule has 2 aromatic rings. The molecule has 0 saturated carbocycles. The van der Waals surface area contributed by atoms with Crippen molar-refractivity contribution in [1.82, 2.24) is 9.97 Å². The fourth-order valence-corrected chi connectivity index (χ4v) is 2.22. The van der Waals surface area contributed by atoms with Crippen molar-refractivity contribution in [1.29, 1.82) is 0 Å². The van der Waals surface area contributed by atoms with E-state index in [9.17, 15) is 0 Å². The van der Waals surface area contributed by atoms with Crippen molar-refractivity contribution < 1.29 is 4.74 Å². The molecule has 2 rings (SSSR count). The van der Waals surface area contributed by atoms with Crippen LogP contribution in [0.5, 0.6) is 5.75 Å². The summed E-state index contributed by atoms with van der Waals surface area (Å²) >= 11 is 12.1. The van der Waals surface area contributed by atoms with E-state index >= 15 is 0 Å². The monoisotopic (exact) mass is 297 g/mol. The van der Waals surface area contributed by atoms with E-state index in [1.165, 1.54) is 6.33 Å². The molecule has 0 aliphatic rings. The Kier molecular flexibility index (Phi) is 4.45. The number of benzene rings is 1. The number of methoxy groups -OCH3 is 1. The van der Waals surface area contributed by atoms with Crippen LogP contribution in [0.2, 0.25) is 10.2 Å². The van der Waals surface area contributed by atoms with Crippen molar-refractivity contribution in [2.24, 2.45) is 0 Å². The Balaban J connectivity index is 2.31. The van der Waals surface area contributed by atoms with Gasteiger partial charge in [-0.3, -0.25) is 0 Å². The van der Waals surface area contributed by atoms with Crippen molar-refractivity contribution in [3.63, 3.8) is 0 Å². The maximum absolute atomic E-state index is 6.08. The van der Waals surface area contributed by atoms with Crippen LogP contribution in [0, 0.1) is 0 Å². The normalized spacial score (nSPS) is 10.3. The molecule has 1 aromatic carbocycles. The van der Waals surface area contributed by atoms with Crippen LogP contribution < -0.4 is 10.1 Å². The summed E-state index contributed by atoms with van der Waals surface area (Å²) in [6.45, 7) is 2.00. The largest absolute Gasteiger partial charge is 0.495 e. The minimum absolute atomic E-state index is 0.458. The second-order valence-corrected chi connectivity index (χ2v) is 4.58. The summed E-state index contributed by atoms with van der Waals surface area (Å²) < 4.78 is 5.11. The summed E-state index contributed by atoms with van der Waals surface area (Å²) in [4.78, 5) is 8.16. The molecule has 0 radical (unpaired) electrons. The maximum Gasteiger partial charge on any atom is 0.138 e. The second-order valence-electron chi connectivity index (χ2n) is 3.82. The maximum atomic E-state index is 6.08. The van der Waals surface area contributed by atoms with Gasteiger partial charge in [0.25, 0.3) is 0 Å². The van der Waals surface area contributed by atoms with Gasteiger partial charge < -0.3 is 10.1 Å². The van der Waals surface area contributed by atoms with E-state index in [1.807, 2.05) is 13.0 Å². The van der Waals surface area contributed by atoms with Gasteiger partial charge in [-0.05, 0) is 24.6 Å². The molecule has 1 N–H and O–H groups in total. The van der Waals surface area contributed by atoms with E-state index in [0.29, 0.717) is 21.7 Å². The van der Waals surface area contributed by atoms with E-state index in [2.05, 4.69) is 15.3 Å². The number of nitrogens with one attached hydrogen (secondary N) is 1. The Morgan fingerprint density at radius 3 is 2.68 bits per heavy atom. The van der Waals surface area contributed by atoms with Crippen LogP contribution in [-0.2, 0) is 6.42 Å². The lowest BCUT2D eigenvalue weighted by Gasteiger charge is -2.11. The first kappa shape index (κ1) is 13.9. The van der Waals surface area contributed by atoms with E-state index in [1.54, 1.807) is 19.2 Å². The smallest absolute Gasteiger partial charge is 0.138 e. The molecule has 0 fully saturated rings. The topological polar surface area (TPSA) is 47.0 Å². The first-order valence-corrected chi connectivity index (χ1v) is 6.51.